The number of esters is 2. The lowest BCUT2D eigenvalue weighted by atomic mass is 9.38. The highest BCUT2D eigenvalue weighted by molar-refractivity contribution is 6.25. The van der Waals surface area contributed by atoms with Crippen LogP contribution < -0.4 is 0 Å². The van der Waals surface area contributed by atoms with Crippen molar-refractivity contribution in [3.63, 3.8) is 0 Å². The van der Waals surface area contributed by atoms with Gasteiger partial charge in [0.05, 0.1) is 17.4 Å². The minimum atomic E-state index is -0.845. The zero-order chi connectivity index (χ0) is 23.2. The van der Waals surface area contributed by atoms with Crippen molar-refractivity contribution in [3.05, 3.63) is 0 Å². The number of carbonyl (C=O) groups excluding carboxylic acids is 2. The molecule has 0 radical (unpaired) electrons. The van der Waals surface area contributed by atoms with Crippen molar-refractivity contribution in [1.82, 2.24) is 0 Å². The molecule has 5 nitrogen and oxygen atoms in total. The van der Waals surface area contributed by atoms with Gasteiger partial charge in [-0.3, -0.25) is 9.59 Å². The molecule has 0 heterocycles. The largest absolute Gasteiger partial charge is 0.461 e. The topological polar surface area (TPSA) is 72.8 Å². The van der Waals surface area contributed by atoms with Gasteiger partial charge in [0.1, 0.15) is 6.61 Å². The maximum absolute atomic E-state index is 13.4. The Morgan fingerprint density at radius 2 is 1.65 bits per heavy atom. The van der Waals surface area contributed by atoms with Crippen molar-refractivity contribution in [2.24, 2.45) is 34.0 Å². The van der Waals surface area contributed by atoms with Crippen LogP contribution in [0.3, 0.4) is 0 Å². The summed E-state index contributed by atoms with van der Waals surface area (Å²) < 4.78 is 10.7. The van der Waals surface area contributed by atoms with Crippen molar-refractivity contribution in [2.75, 3.05) is 13.2 Å². The van der Waals surface area contributed by atoms with Gasteiger partial charge in [-0.25, -0.2) is 0 Å². The minimum Gasteiger partial charge on any atom is -0.461 e. The lowest BCUT2D eigenvalue weighted by Gasteiger charge is -2.66. The fraction of sp³-hybridized carbons (Fsp3) is 0.920. The average Bonchev–Trinajstić information content (AvgIpc) is 2.62. The molecule has 0 aliphatic heterocycles. The fourth-order valence-electron chi connectivity index (χ4n) is 8.08. The second-order valence-electron chi connectivity index (χ2n) is 11.8. The molecule has 7 atom stereocenters. The third-order valence-electron chi connectivity index (χ3n) is 9.21. The molecular formula is C25H41ClO5. The average molecular weight is 457 g/mol. The maximum Gasteiger partial charge on any atom is 0.311 e. The van der Waals surface area contributed by atoms with E-state index in [0.29, 0.717) is 17.3 Å². The number of fused-ring (bicyclic) bond motifs is 3. The van der Waals surface area contributed by atoms with Gasteiger partial charge in [-0.15, -0.1) is 11.6 Å². The van der Waals surface area contributed by atoms with Gasteiger partial charge in [0.2, 0.25) is 0 Å². The molecule has 0 aromatic rings. The van der Waals surface area contributed by atoms with Crippen LogP contribution in [0.2, 0.25) is 0 Å². The highest BCUT2D eigenvalue weighted by atomic mass is 35.5. The molecule has 0 aromatic carbocycles. The van der Waals surface area contributed by atoms with Crippen molar-refractivity contribution in [2.45, 2.75) is 97.5 Å². The first-order valence-electron chi connectivity index (χ1n) is 11.9. The number of ether oxygens (including phenoxy) is 2. The lowest BCUT2D eigenvalue weighted by molar-refractivity contribution is -0.192. The highest BCUT2D eigenvalue weighted by Gasteiger charge is 2.65. The van der Waals surface area contributed by atoms with Crippen molar-refractivity contribution < 1.29 is 24.2 Å². The quantitative estimate of drug-likeness (QED) is 0.459. The molecular weight excluding hydrogens is 416 g/mol. The first-order valence-corrected chi connectivity index (χ1v) is 12.3. The number of halogens is 1. The van der Waals surface area contributed by atoms with Crippen molar-refractivity contribution in [3.8, 4) is 0 Å². The molecule has 0 saturated heterocycles. The monoisotopic (exact) mass is 456 g/mol. The summed E-state index contributed by atoms with van der Waals surface area (Å²) in [6, 6.07) is 0. The van der Waals surface area contributed by atoms with E-state index in [1.54, 1.807) is 0 Å². The zero-order valence-electron chi connectivity index (χ0n) is 20.1. The first-order chi connectivity index (χ1) is 14.3. The van der Waals surface area contributed by atoms with E-state index in [1.807, 2.05) is 6.92 Å². The molecule has 0 aromatic heterocycles. The van der Waals surface area contributed by atoms with E-state index in [2.05, 4.69) is 27.7 Å². The van der Waals surface area contributed by atoms with E-state index in [4.69, 9.17) is 21.1 Å². The predicted molar refractivity (Wildman–Crippen MR) is 121 cm³/mol. The molecule has 31 heavy (non-hydrogen) atoms. The third kappa shape index (κ3) is 4.38. The van der Waals surface area contributed by atoms with E-state index >= 15 is 0 Å². The van der Waals surface area contributed by atoms with E-state index < -0.39 is 22.9 Å². The molecule has 1 N–H and O–H groups in total. The van der Waals surface area contributed by atoms with Gasteiger partial charge >= 0.3 is 11.9 Å². The van der Waals surface area contributed by atoms with Crippen molar-refractivity contribution >= 4 is 23.5 Å². The summed E-state index contributed by atoms with van der Waals surface area (Å²) in [6.45, 7) is 12.3. The SMILES string of the molecule is CC(=O)O[C@@H](CO)COC(=O)[C@@H]1[C@](C)(Cl)CCC2[C@@]1(C)CC[C@H]1C(C)(C)CCC[C@]21C. The van der Waals surface area contributed by atoms with E-state index in [-0.39, 0.29) is 30.0 Å². The van der Waals surface area contributed by atoms with Gasteiger partial charge in [0.15, 0.2) is 6.10 Å². The summed E-state index contributed by atoms with van der Waals surface area (Å²) in [4.78, 5) is 24.0. The van der Waals surface area contributed by atoms with Gasteiger partial charge in [-0.1, -0.05) is 34.1 Å². The van der Waals surface area contributed by atoms with Crippen LogP contribution in [0, 0.1) is 34.0 Å². The summed E-state index contributed by atoms with van der Waals surface area (Å²) in [5, 5.41) is 9.46. The standard InChI is InChI=1S/C25H41ClO5/c1-16(28)31-17(14-27)15-30-21(29)20-24(5)12-8-18-22(2,3)10-7-11-23(18,4)19(24)9-13-25(20,6)26/h17-20,27H,7-15H2,1-6H3/t17-,18-,19?,20-,23-,24+,25+/m0/s1. The Bertz CT molecular complexity index is 704. The smallest absolute Gasteiger partial charge is 0.311 e. The summed E-state index contributed by atoms with van der Waals surface area (Å²) in [6.07, 6.45) is 6.77. The van der Waals surface area contributed by atoms with Crippen LogP contribution in [0.4, 0.5) is 0 Å². The Morgan fingerprint density at radius 1 is 1.00 bits per heavy atom. The highest BCUT2D eigenvalue weighted by Crippen LogP contribution is 2.70. The van der Waals surface area contributed by atoms with Crippen molar-refractivity contribution in [1.29, 1.82) is 0 Å². The number of aliphatic hydroxyl groups is 1. The maximum atomic E-state index is 13.4. The van der Waals surface area contributed by atoms with Gasteiger partial charge in [0.25, 0.3) is 0 Å². The van der Waals surface area contributed by atoms with E-state index in [0.717, 1.165) is 25.7 Å². The fourth-order valence-corrected chi connectivity index (χ4v) is 8.53. The number of rotatable bonds is 5. The van der Waals surface area contributed by atoms with Gasteiger partial charge in [-0.2, -0.15) is 0 Å². The van der Waals surface area contributed by atoms with Crippen LogP contribution >= 0.6 is 11.6 Å². The van der Waals surface area contributed by atoms with Gasteiger partial charge < -0.3 is 14.6 Å². The zero-order valence-corrected chi connectivity index (χ0v) is 20.9. The molecule has 3 aliphatic rings. The second kappa shape index (κ2) is 8.52. The Labute approximate surface area is 192 Å². The van der Waals surface area contributed by atoms with Crippen LogP contribution in [-0.2, 0) is 19.1 Å². The molecule has 3 aliphatic carbocycles. The third-order valence-corrected chi connectivity index (χ3v) is 9.61. The summed E-state index contributed by atoms with van der Waals surface area (Å²) in [7, 11) is 0. The van der Waals surface area contributed by atoms with Gasteiger partial charge in [-0.05, 0) is 73.5 Å². The normalized spacial score (nSPS) is 42.6. The van der Waals surface area contributed by atoms with Crippen LogP contribution in [0.5, 0.6) is 0 Å². The van der Waals surface area contributed by atoms with Crippen LogP contribution in [0.25, 0.3) is 0 Å². The Kier molecular flexibility index (Phi) is 6.82. The molecule has 178 valence electrons. The van der Waals surface area contributed by atoms with Gasteiger partial charge in [0, 0.05) is 6.92 Å². The molecule has 3 fully saturated rings. The number of aliphatic hydroxyl groups excluding tert-OH is 1. The molecule has 6 heteroatoms. The Balaban J connectivity index is 1.86. The Hall–Kier alpha value is -0.810. The first kappa shape index (κ1) is 24.8. The number of hydrogen-bond acceptors (Lipinski definition) is 5. The summed E-state index contributed by atoms with van der Waals surface area (Å²) in [5.74, 6) is -0.184. The molecule has 0 spiro atoms. The second-order valence-corrected chi connectivity index (χ2v) is 12.7. The minimum absolute atomic E-state index is 0.147. The summed E-state index contributed by atoms with van der Waals surface area (Å²) >= 11 is 7.02. The van der Waals surface area contributed by atoms with E-state index in [9.17, 15) is 14.7 Å². The molecule has 0 amide bonds. The van der Waals surface area contributed by atoms with E-state index in [1.165, 1.54) is 26.2 Å². The van der Waals surface area contributed by atoms with Crippen LogP contribution in [-0.4, -0.2) is 41.2 Å². The molecule has 3 saturated carbocycles. The number of carbonyl (C=O) groups is 2. The number of hydrogen-bond donors (Lipinski definition) is 1. The van der Waals surface area contributed by atoms with Crippen LogP contribution in [0.15, 0.2) is 0 Å². The Morgan fingerprint density at radius 3 is 2.26 bits per heavy atom. The molecule has 3 rings (SSSR count). The number of alkyl halides is 1. The predicted octanol–water partition coefficient (Wildman–Crippen LogP) is 5.11. The summed E-state index contributed by atoms with van der Waals surface area (Å²) in [5.41, 5.74) is 0.289. The molecule has 0 bridgehead atoms. The van der Waals surface area contributed by atoms with Crippen LogP contribution in [0.1, 0.15) is 86.5 Å². The lowest BCUT2D eigenvalue weighted by Crippen LogP contribution is -2.63. The molecule has 1 unspecified atom stereocenters.